The van der Waals surface area contributed by atoms with E-state index in [2.05, 4.69) is 11.7 Å². The van der Waals surface area contributed by atoms with E-state index >= 15 is 0 Å². The zero-order chi connectivity index (χ0) is 18.7. The van der Waals surface area contributed by atoms with Crippen LogP contribution >= 0.6 is 22.9 Å². The minimum atomic E-state index is -0.296. The van der Waals surface area contributed by atoms with E-state index in [0.29, 0.717) is 39.6 Å². The number of hydrogen-bond donors (Lipinski definition) is 0. The predicted molar refractivity (Wildman–Crippen MR) is 105 cm³/mol. The SMILES string of the molecule is CCc1cc2c(=O)n(CCCC(=O)OC)c(-c3ccccc3Cl)nc2s1. The summed E-state index contributed by atoms with van der Waals surface area (Å²) in [6, 6.07) is 9.23. The van der Waals surface area contributed by atoms with Gasteiger partial charge in [-0.1, -0.05) is 30.7 Å². The fraction of sp³-hybridized carbons (Fsp3) is 0.316. The molecule has 0 bridgehead atoms. The first-order valence-corrected chi connectivity index (χ1v) is 9.59. The summed E-state index contributed by atoms with van der Waals surface area (Å²) < 4.78 is 6.29. The molecule has 0 fully saturated rings. The number of aromatic nitrogens is 2. The van der Waals surface area contributed by atoms with Gasteiger partial charge in [0.2, 0.25) is 0 Å². The Morgan fingerprint density at radius 3 is 2.81 bits per heavy atom. The topological polar surface area (TPSA) is 61.2 Å². The monoisotopic (exact) mass is 390 g/mol. The van der Waals surface area contributed by atoms with Crippen LogP contribution in [-0.4, -0.2) is 22.6 Å². The first kappa shape index (κ1) is 18.6. The van der Waals surface area contributed by atoms with Gasteiger partial charge in [0.25, 0.3) is 5.56 Å². The van der Waals surface area contributed by atoms with Gasteiger partial charge in [-0.05, 0) is 31.0 Å². The Bertz CT molecular complexity index is 1010. The molecule has 0 saturated carbocycles. The summed E-state index contributed by atoms with van der Waals surface area (Å²) in [4.78, 5) is 31.0. The summed E-state index contributed by atoms with van der Waals surface area (Å²) in [5.74, 6) is 0.234. The van der Waals surface area contributed by atoms with E-state index in [-0.39, 0.29) is 17.9 Å². The Hall–Kier alpha value is -2.18. The highest BCUT2D eigenvalue weighted by Gasteiger charge is 2.17. The molecule has 1 aromatic carbocycles. The molecule has 3 rings (SSSR count). The molecule has 26 heavy (non-hydrogen) atoms. The zero-order valence-electron chi connectivity index (χ0n) is 14.6. The van der Waals surface area contributed by atoms with Gasteiger partial charge < -0.3 is 4.74 Å². The van der Waals surface area contributed by atoms with E-state index in [1.165, 1.54) is 18.4 Å². The predicted octanol–water partition coefficient (Wildman–Crippen LogP) is 4.29. The number of fused-ring (bicyclic) bond motifs is 1. The molecule has 0 spiro atoms. The van der Waals surface area contributed by atoms with Crippen LogP contribution in [0.3, 0.4) is 0 Å². The molecular weight excluding hydrogens is 372 g/mol. The van der Waals surface area contributed by atoms with Gasteiger partial charge in [0.15, 0.2) is 0 Å². The second kappa shape index (κ2) is 8.01. The first-order chi connectivity index (χ1) is 12.5. The molecule has 0 saturated heterocycles. The Morgan fingerprint density at radius 1 is 1.35 bits per heavy atom. The van der Waals surface area contributed by atoms with Gasteiger partial charge in [-0.25, -0.2) is 4.98 Å². The number of thiophene rings is 1. The van der Waals surface area contributed by atoms with Crippen molar-refractivity contribution in [3.05, 3.63) is 50.6 Å². The number of carbonyl (C=O) groups is 1. The van der Waals surface area contributed by atoms with Crippen LogP contribution in [0.5, 0.6) is 0 Å². The maximum Gasteiger partial charge on any atom is 0.305 e. The largest absolute Gasteiger partial charge is 0.469 e. The minimum Gasteiger partial charge on any atom is -0.469 e. The Balaban J connectivity index is 2.13. The van der Waals surface area contributed by atoms with Crippen molar-refractivity contribution >= 4 is 39.1 Å². The average molecular weight is 391 g/mol. The molecule has 0 aliphatic rings. The molecule has 0 aliphatic carbocycles. The van der Waals surface area contributed by atoms with Crippen molar-refractivity contribution in [2.24, 2.45) is 0 Å². The number of esters is 1. The number of rotatable bonds is 6. The highest BCUT2D eigenvalue weighted by molar-refractivity contribution is 7.18. The fourth-order valence-corrected chi connectivity index (χ4v) is 3.96. The van der Waals surface area contributed by atoms with Gasteiger partial charge in [-0.15, -0.1) is 11.3 Å². The second-order valence-electron chi connectivity index (χ2n) is 5.84. The summed E-state index contributed by atoms with van der Waals surface area (Å²) in [6.45, 7) is 2.42. The number of carbonyl (C=O) groups excluding carboxylic acids is 1. The molecular formula is C19H19ClN2O3S. The molecule has 7 heteroatoms. The molecule has 136 valence electrons. The first-order valence-electron chi connectivity index (χ1n) is 8.40. The normalized spacial score (nSPS) is 11.0. The molecule has 2 heterocycles. The standard InChI is InChI=1S/C19H19ClN2O3S/c1-3-12-11-14-18(26-12)21-17(13-7-4-5-8-15(13)20)22(19(14)24)10-6-9-16(23)25-2/h4-5,7-8,11H,3,6,9-10H2,1-2H3. The van der Waals surface area contributed by atoms with Gasteiger partial charge >= 0.3 is 5.97 Å². The van der Waals surface area contributed by atoms with Crippen molar-refractivity contribution in [1.29, 1.82) is 0 Å². The van der Waals surface area contributed by atoms with Gasteiger partial charge in [-0.2, -0.15) is 0 Å². The third-order valence-electron chi connectivity index (χ3n) is 4.16. The second-order valence-corrected chi connectivity index (χ2v) is 7.36. The fourth-order valence-electron chi connectivity index (χ4n) is 2.78. The highest BCUT2D eigenvalue weighted by atomic mass is 35.5. The van der Waals surface area contributed by atoms with Crippen LogP contribution in [0.15, 0.2) is 35.1 Å². The van der Waals surface area contributed by atoms with Gasteiger partial charge in [0, 0.05) is 23.4 Å². The lowest BCUT2D eigenvalue weighted by atomic mass is 10.2. The van der Waals surface area contributed by atoms with E-state index in [9.17, 15) is 9.59 Å². The van der Waals surface area contributed by atoms with Crippen molar-refractivity contribution in [3.8, 4) is 11.4 Å². The molecule has 0 radical (unpaired) electrons. The lowest BCUT2D eigenvalue weighted by molar-refractivity contribution is -0.140. The summed E-state index contributed by atoms with van der Waals surface area (Å²) in [7, 11) is 1.36. The number of nitrogens with zero attached hydrogens (tertiary/aromatic N) is 2. The van der Waals surface area contributed by atoms with Crippen molar-refractivity contribution in [2.75, 3.05) is 7.11 Å². The van der Waals surface area contributed by atoms with Crippen LogP contribution in [-0.2, 0) is 22.5 Å². The molecule has 0 aliphatic heterocycles. The number of aryl methyl sites for hydroxylation is 1. The Morgan fingerprint density at radius 2 is 2.12 bits per heavy atom. The minimum absolute atomic E-state index is 0.106. The molecule has 3 aromatic rings. The maximum atomic E-state index is 13.1. The quantitative estimate of drug-likeness (QED) is 0.589. The zero-order valence-corrected chi connectivity index (χ0v) is 16.2. The van der Waals surface area contributed by atoms with E-state index in [4.69, 9.17) is 16.6 Å². The third-order valence-corrected chi connectivity index (χ3v) is 5.66. The van der Waals surface area contributed by atoms with Crippen molar-refractivity contribution < 1.29 is 9.53 Å². The van der Waals surface area contributed by atoms with Gasteiger partial charge in [0.05, 0.1) is 17.5 Å². The van der Waals surface area contributed by atoms with Crippen molar-refractivity contribution in [2.45, 2.75) is 32.7 Å². The summed E-state index contributed by atoms with van der Waals surface area (Å²) >= 11 is 7.87. The van der Waals surface area contributed by atoms with Crippen molar-refractivity contribution in [1.82, 2.24) is 9.55 Å². The number of ether oxygens (including phenoxy) is 1. The van der Waals surface area contributed by atoms with E-state index < -0.39 is 0 Å². The summed E-state index contributed by atoms with van der Waals surface area (Å²) in [5.41, 5.74) is 0.600. The molecule has 0 amide bonds. The number of methoxy groups -OCH3 is 1. The van der Waals surface area contributed by atoms with Crippen LogP contribution in [0, 0.1) is 0 Å². The Labute approximate surface area is 160 Å². The van der Waals surface area contributed by atoms with Gasteiger partial charge in [-0.3, -0.25) is 14.2 Å². The van der Waals surface area contributed by atoms with E-state index in [0.717, 1.165) is 11.3 Å². The number of halogens is 1. The Kier molecular flexibility index (Phi) is 5.74. The van der Waals surface area contributed by atoms with Gasteiger partial charge in [0.1, 0.15) is 10.7 Å². The lowest BCUT2D eigenvalue weighted by Gasteiger charge is -2.13. The van der Waals surface area contributed by atoms with E-state index in [1.807, 2.05) is 24.3 Å². The maximum absolute atomic E-state index is 13.1. The summed E-state index contributed by atoms with van der Waals surface area (Å²) in [6.07, 6.45) is 1.58. The molecule has 2 aromatic heterocycles. The third kappa shape index (κ3) is 3.66. The average Bonchev–Trinajstić information content (AvgIpc) is 3.07. The van der Waals surface area contributed by atoms with E-state index in [1.54, 1.807) is 10.6 Å². The summed E-state index contributed by atoms with van der Waals surface area (Å²) in [5, 5.41) is 1.15. The van der Waals surface area contributed by atoms with Crippen LogP contribution in [0.1, 0.15) is 24.6 Å². The van der Waals surface area contributed by atoms with Crippen molar-refractivity contribution in [3.63, 3.8) is 0 Å². The molecule has 5 nitrogen and oxygen atoms in total. The smallest absolute Gasteiger partial charge is 0.305 e. The number of hydrogen-bond acceptors (Lipinski definition) is 5. The van der Waals surface area contributed by atoms with Crippen LogP contribution in [0.2, 0.25) is 5.02 Å². The lowest BCUT2D eigenvalue weighted by Crippen LogP contribution is -2.23. The van der Waals surface area contributed by atoms with Crippen LogP contribution < -0.4 is 5.56 Å². The van der Waals surface area contributed by atoms with Crippen LogP contribution in [0.25, 0.3) is 21.6 Å². The molecule has 0 atom stereocenters. The van der Waals surface area contributed by atoms with Crippen LogP contribution in [0.4, 0.5) is 0 Å². The number of benzene rings is 1. The highest BCUT2D eigenvalue weighted by Crippen LogP contribution is 2.29. The molecule has 0 unspecified atom stereocenters. The molecule has 0 N–H and O–H groups in total.